The number of aromatic nitrogens is 1. The number of para-hydroxylation sites is 1. The van der Waals surface area contributed by atoms with Crippen molar-refractivity contribution in [1.29, 1.82) is 0 Å². The summed E-state index contributed by atoms with van der Waals surface area (Å²) in [4.78, 5) is 57.7. The van der Waals surface area contributed by atoms with Crippen molar-refractivity contribution in [2.24, 2.45) is 0 Å². The predicted molar refractivity (Wildman–Crippen MR) is 156 cm³/mol. The summed E-state index contributed by atoms with van der Waals surface area (Å²) in [6, 6.07) is 6.80. The molecule has 11 heteroatoms. The second kappa shape index (κ2) is 12.5. The van der Waals surface area contributed by atoms with Crippen LogP contribution >= 0.6 is 11.8 Å². The number of H-pyrrole nitrogens is 1. The van der Waals surface area contributed by atoms with Crippen molar-refractivity contribution >= 4 is 46.5 Å². The minimum absolute atomic E-state index is 0.186. The number of carbonyl (C=O) groups excluding carboxylic acids is 4. The van der Waals surface area contributed by atoms with Crippen molar-refractivity contribution in [3.8, 4) is 0 Å². The number of nitrogens with zero attached hydrogens (tertiary/aromatic N) is 1. The van der Waals surface area contributed by atoms with Crippen LogP contribution < -0.4 is 10.6 Å². The molecule has 1 fully saturated rings. The Hall–Kier alpha value is -3.21. The van der Waals surface area contributed by atoms with Crippen LogP contribution in [0.2, 0.25) is 0 Å². The van der Waals surface area contributed by atoms with E-state index >= 15 is 0 Å². The molecule has 1 unspecified atom stereocenters. The average molecular weight is 575 g/mol. The van der Waals surface area contributed by atoms with E-state index in [0.29, 0.717) is 19.4 Å². The Morgan fingerprint density at radius 2 is 1.85 bits per heavy atom. The summed E-state index contributed by atoms with van der Waals surface area (Å²) in [6.45, 7) is 11.0. The summed E-state index contributed by atoms with van der Waals surface area (Å²) < 4.78 is 9.82. The lowest BCUT2D eigenvalue weighted by atomic mass is 9.95. The smallest absolute Gasteiger partial charge is 0.408 e. The van der Waals surface area contributed by atoms with Gasteiger partial charge in [-0.15, -0.1) is 11.8 Å². The maximum absolute atomic E-state index is 14.0. The second-order valence-corrected chi connectivity index (χ2v) is 12.8. The molecule has 0 spiro atoms. The van der Waals surface area contributed by atoms with Crippen LogP contribution in [-0.4, -0.2) is 81.6 Å². The average Bonchev–Trinajstić information content (AvgIpc) is 3.29. The number of piperidine rings is 1. The number of amides is 3. The summed E-state index contributed by atoms with van der Waals surface area (Å²) >= 11 is 1.39. The number of esters is 1. The number of ether oxygens (including phenoxy) is 2. The predicted octanol–water partition coefficient (Wildman–Crippen LogP) is 3.79. The fourth-order valence-corrected chi connectivity index (χ4v) is 5.64. The number of thioether (sulfide) groups is 1. The van der Waals surface area contributed by atoms with Crippen LogP contribution in [0.5, 0.6) is 0 Å². The topological polar surface area (TPSA) is 130 Å². The molecule has 1 aliphatic heterocycles. The van der Waals surface area contributed by atoms with Gasteiger partial charge >= 0.3 is 12.1 Å². The lowest BCUT2D eigenvalue weighted by Crippen LogP contribution is -2.62. The van der Waals surface area contributed by atoms with Gasteiger partial charge in [-0.25, -0.2) is 4.79 Å². The fourth-order valence-electron chi connectivity index (χ4n) is 4.78. The summed E-state index contributed by atoms with van der Waals surface area (Å²) in [6.07, 6.45) is 4.40. The zero-order valence-electron chi connectivity index (χ0n) is 24.5. The standard InChI is InChI=1S/C29H42N4O6S/c1-8-38-25(36)29(40-7)14-11-15-33(18-29)23(34)22(16-19-17-30-21-13-10-9-12-20(19)21)31-24(35)28(5,6)32-26(37)39-27(2,3)4/h9-10,12-13,17,22,30H,8,11,14-16,18H2,1-7H3,(H,31,35)(H,32,37)/t22-,29?/m1/s1. The second-order valence-electron chi connectivity index (χ2n) is 11.6. The number of likely N-dealkylation sites (tertiary alicyclic amines) is 1. The molecule has 3 N–H and O–H groups in total. The highest BCUT2D eigenvalue weighted by Crippen LogP contribution is 2.35. The van der Waals surface area contributed by atoms with Crippen LogP contribution in [-0.2, 0) is 30.3 Å². The van der Waals surface area contributed by atoms with Gasteiger partial charge in [0.1, 0.15) is 21.9 Å². The molecule has 2 aromatic rings. The highest BCUT2D eigenvalue weighted by molar-refractivity contribution is 8.00. The molecule has 2 heterocycles. The normalized spacial score (nSPS) is 18.6. The van der Waals surface area contributed by atoms with E-state index in [4.69, 9.17) is 9.47 Å². The van der Waals surface area contributed by atoms with E-state index in [1.807, 2.05) is 36.7 Å². The van der Waals surface area contributed by atoms with Crippen LogP contribution in [0.1, 0.15) is 59.9 Å². The van der Waals surface area contributed by atoms with E-state index < -0.39 is 33.9 Å². The van der Waals surface area contributed by atoms with Crippen molar-refractivity contribution in [3.63, 3.8) is 0 Å². The Labute approximate surface area is 240 Å². The lowest BCUT2D eigenvalue weighted by molar-refractivity contribution is -0.149. The number of hydrogen-bond acceptors (Lipinski definition) is 7. The van der Waals surface area contributed by atoms with Gasteiger partial charge in [-0.05, 0) is 72.3 Å². The van der Waals surface area contributed by atoms with Crippen molar-refractivity contribution in [3.05, 3.63) is 36.0 Å². The van der Waals surface area contributed by atoms with Gasteiger partial charge in [0.05, 0.1) is 6.61 Å². The van der Waals surface area contributed by atoms with Gasteiger partial charge in [0.2, 0.25) is 11.8 Å². The molecular formula is C29H42N4O6S. The summed E-state index contributed by atoms with van der Waals surface area (Å²) in [7, 11) is 0. The third-order valence-corrected chi connectivity index (χ3v) is 8.17. The van der Waals surface area contributed by atoms with Crippen LogP contribution in [0.15, 0.2) is 30.5 Å². The number of carbonyl (C=O) groups is 4. The van der Waals surface area contributed by atoms with Crippen LogP contribution in [0.25, 0.3) is 10.9 Å². The molecule has 3 rings (SSSR count). The number of fused-ring (bicyclic) bond motifs is 1. The Morgan fingerprint density at radius 1 is 1.15 bits per heavy atom. The Bertz CT molecular complexity index is 1240. The van der Waals surface area contributed by atoms with Gasteiger partial charge in [-0.2, -0.15) is 0 Å². The first-order valence-corrected chi connectivity index (χ1v) is 14.8. The third kappa shape index (κ3) is 7.50. The Kier molecular flexibility index (Phi) is 9.81. The first kappa shape index (κ1) is 31.3. The molecule has 40 heavy (non-hydrogen) atoms. The molecule has 1 aromatic carbocycles. The molecule has 1 aromatic heterocycles. The van der Waals surface area contributed by atoms with Crippen LogP contribution in [0, 0.1) is 0 Å². The summed E-state index contributed by atoms with van der Waals surface area (Å²) in [5.74, 6) is -1.16. The molecule has 3 amide bonds. The quantitative estimate of drug-likeness (QED) is 0.389. The molecule has 0 aliphatic carbocycles. The molecular weight excluding hydrogens is 532 g/mol. The molecule has 220 valence electrons. The first-order valence-electron chi connectivity index (χ1n) is 13.6. The molecule has 10 nitrogen and oxygen atoms in total. The van der Waals surface area contributed by atoms with Gasteiger partial charge < -0.3 is 30.0 Å². The number of rotatable bonds is 9. The Morgan fingerprint density at radius 3 is 2.50 bits per heavy atom. The largest absolute Gasteiger partial charge is 0.465 e. The van der Waals surface area contributed by atoms with Gasteiger partial charge in [0.15, 0.2) is 0 Å². The summed E-state index contributed by atoms with van der Waals surface area (Å²) in [5, 5.41) is 6.44. The monoisotopic (exact) mass is 574 g/mol. The molecule has 1 aliphatic rings. The van der Waals surface area contributed by atoms with Crippen molar-refractivity contribution in [2.75, 3.05) is 26.0 Å². The zero-order valence-corrected chi connectivity index (χ0v) is 25.3. The highest BCUT2D eigenvalue weighted by atomic mass is 32.2. The fraction of sp³-hybridized carbons (Fsp3) is 0.586. The number of benzene rings is 1. The Balaban J connectivity index is 1.88. The number of aromatic amines is 1. The van der Waals surface area contributed by atoms with Crippen LogP contribution in [0.4, 0.5) is 4.79 Å². The van der Waals surface area contributed by atoms with Crippen molar-refractivity contribution in [2.45, 2.75) is 82.7 Å². The van der Waals surface area contributed by atoms with Gasteiger partial charge in [0, 0.05) is 36.6 Å². The van der Waals surface area contributed by atoms with Gasteiger partial charge in [-0.3, -0.25) is 14.4 Å². The lowest BCUT2D eigenvalue weighted by Gasteiger charge is -2.41. The van der Waals surface area contributed by atoms with E-state index in [0.717, 1.165) is 16.5 Å². The molecule has 2 atom stereocenters. The minimum Gasteiger partial charge on any atom is -0.465 e. The van der Waals surface area contributed by atoms with E-state index in [-0.39, 0.29) is 31.4 Å². The first-order chi connectivity index (χ1) is 18.7. The van der Waals surface area contributed by atoms with Crippen molar-refractivity contribution < 1.29 is 28.7 Å². The van der Waals surface area contributed by atoms with E-state index in [2.05, 4.69) is 15.6 Å². The minimum atomic E-state index is -1.36. The van der Waals surface area contributed by atoms with Crippen LogP contribution in [0.3, 0.4) is 0 Å². The molecule has 0 bridgehead atoms. The van der Waals surface area contributed by atoms with Crippen molar-refractivity contribution in [1.82, 2.24) is 20.5 Å². The zero-order chi connectivity index (χ0) is 29.7. The van der Waals surface area contributed by atoms with E-state index in [1.165, 1.54) is 11.8 Å². The molecule has 1 saturated heterocycles. The van der Waals surface area contributed by atoms with Gasteiger partial charge in [0.25, 0.3) is 0 Å². The van der Waals surface area contributed by atoms with Gasteiger partial charge in [-0.1, -0.05) is 18.2 Å². The highest BCUT2D eigenvalue weighted by Gasteiger charge is 2.46. The summed E-state index contributed by atoms with van der Waals surface area (Å²) in [5.41, 5.74) is -0.312. The number of nitrogens with one attached hydrogen (secondary N) is 3. The molecule has 0 saturated carbocycles. The third-order valence-electron chi connectivity index (χ3n) is 6.89. The maximum atomic E-state index is 14.0. The van der Waals surface area contributed by atoms with E-state index in [1.54, 1.807) is 46.4 Å². The molecule has 0 radical (unpaired) electrons. The van der Waals surface area contributed by atoms with E-state index in [9.17, 15) is 19.2 Å². The maximum Gasteiger partial charge on any atom is 0.408 e. The SMILES string of the molecule is CCOC(=O)C1(SC)CCCN(C(=O)[C@@H](Cc2c[nH]c3ccccc23)NC(=O)C(C)(C)NC(=O)OC(C)(C)C)C1. The number of alkyl carbamates (subject to hydrolysis) is 1. The number of hydrogen-bond donors (Lipinski definition) is 3.